The van der Waals surface area contributed by atoms with Gasteiger partial charge in [0.25, 0.3) is 5.56 Å². The second kappa shape index (κ2) is 8.77. The van der Waals surface area contributed by atoms with Gasteiger partial charge in [-0.05, 0) is 30.7 Å². The summed E-state index contributed by atoms with van der Waals surface area (Å²) in [4.78, 5) is 15.5. The third-order valence-electron chi connectivity index (χ3n) is 5.52. The molecular weight excluding hydrogens is 381 g/mol. The maximum atomic E-state index is 14.0. The van der Waals surface area contributed by atoms with E-state index in [4.69, 9.17) is 10.8 Å². The second-order valence-corrected chi connectivity index (χ2v) is 7.52. The van der Waals surface area contributed by atoms with E-state index in [0.29, 0.717) is 23.5 Å². The van der Waals surface area contributed by atoms with Crippen molar-refractivity contribution in [2.75, 3.05) is 31.1 Å². The van der Waals surface area contributed by atoms with Gasteiger partial charge in [-0.2, -0.15) is 5.10 Å². The fourth-order valence-corrected chi connectivity index (χ4v) is 3.91. The molecule has 0 aliphatic carbocycles. The molecule has 1 saturated heterocycles. The molecular formula is C23H26FN5O. The molecule has 2 aromatic carbocycles. The zero-order chi connectivity index (χ0) is 21.1. The highest BCUT2D eigenvalue weighted by Crippen LogP contribution is 2.28. The summed E-state index contributed by atoms with van der Waals surface area (Å²) in [5.74, 6) is -0.334. The number of piperazine rings is 1. The smallest absolute Gasteiger partial charge is 0.290 e. The largest absolute Gasteiger partial charge is 0.364 e. The number of anilines is 1. The van der Waals surface area contributed by atoms with Gasteiger partial charge in [0.05, 0.1) is 12.2 Å². The molecule has 1 fully saturated rings. The predicted octanol–water partition coefficient (Wildman–Crippen LogP) is 2.27. The average Bonchev–Trinajstić information content (AvgIpc) is 2.78. The topological polar surface area (TPSA) is 76.2 Å². The van der Waals surface area contributed by atoms with Crippen LogP contribution in [0.3, 0.4) is 0 Å². The van der Waals surface area contributed by atoms with Crippen LogP contribution < -0.4 is 21.5 Å². The van der Waals surface area contributed by atoms with Crippen molar-refractivity contribution >= 4 is 5.69 Å². The van der Waals surface area contributed by atoms with Crippen LogP contribution in [0.4, 0.5) is 10.1 Å². The molecule has 0 bridgehead atoms. The molecule has 4 rings (SSSR count). The highest BCUT2D eigenvalue weighted by atomic mass is 19.1. The van der Waals surface area contributed by atoms with Gasteiger partial charge in [0.2, 0.25) is 0 Å². The summed E-state index contributed by atoms with van der Waals surface area (Å²) >= 11 is 0. The molecule has 6 nitrogen and oxygen atoms in total. The molecule has 3 N–H and O–H groups in total. The van der Waals surface area contributed by atoms with Crippen LogP contribution in [-0.4, -0.2) is 36.0 Å². The van der Waals surface area contributed by atoms with E-state index < -0.39 is 0 Å². The number of hydrogen-bond acceptors (Lipinski definition) is 5. The van der Waals surface area contributed by atoms with Crippen LogP contribution in [0.25, 0.3) is 11.3 Å². The van der Waals surface area contributed by atoms with Crippen molar-refractivity contribution in [1.82, 2.24) is 15.1 Å². The van der Waals surface area contributed by atoms with Crippen molar-refractivity contribution in [3.63, 3.8) is 0 Å². The summed E-state index contributed by atoms with van der Waals surface area (Å²) in [5, 5.41) is 8.02. The number of halogens is 1. The van der Waals surface area contributed by atoms with Crippen molar-refractivity contribution in [2.24, 2.45) is 5.73 Å². The lowest BCUT2D eigenvalue weighted by Gasteiger charge is -2.31. The first-order chi connectivity index (χ1) is 14.6. The highest BCUT2D eigenvalue weighted by molar-refractivity contribution is 5.70. The number of rotatable bonds is 5. The fraction of sp³-hybridized carbons (Fsp3) is 0.304. The molecule has 156 valence electrons. The Kier molecular flexibility index (Phi) is 5.92. The summed E-state index contributed by atoms with van der Waals surface area (Å²) in [6.45, 7) is 5.54. The third-order valence-corrected chi connectivity index (χ3v) is 5.52. The third kappa shape index (κ3) is 3.99. The normalized spacial score (nSPS) is 14.2. The zero-order valence-corrected chi connectivity index (χ0v) is 17.1. The van der Waals surface area contributed by atoms with Crippen molar-refractivity contribution in [2.45, 2.75) is 20.0 Å². The van der Waals surface area contributed by atoms with Gasteiger partial charge in [0.1, 0.15) is 11.5 Å². The lowest BCUT2D eigenvalue weighted by Crippen LogP contribution is -2.46. The Morgan fingerprint density at radius 3 is 2.57 bits per heavy atom. The Hall–Kier alpha value is -3.03. The molecule has 1 aliphatic rings. The Bertz CT molecular complexity index is 1090. The number of nitrogens with zero attached hydrogens (tertiary/aromatic N) is 3. The molecule has 0 radical (unpaired) electrons. The van der Waals surface area contributed by atoms with Crippen LogP contribution >= 0.6 is 0 Å². The molecule has 0 spiro atoms. The Balaban J connectivity index is 1.88. The highest BCUT2D eigenvalue weighted by Gasteiger charge is 2.22. The van der Waals surface area contributed by atoms with Gasteiger partial charge in [-0.25, -0.2) is 9.07 Å². The van der Waals surface area contributed by atoms with E-state index in [1.807, 2.05) is 37.3 Å². The van der Waals surface area contributed by atoms with E-state index in [2.05, 4.69) is 10.2 Å². The first-order valence-corrected chi connectivity index (χ1v) is 10.2. The number of benzene rings is 2. The Labute approximate surface area is 175 Å². The lowest BCUT2D eigenvalue weighted by atomic mass is 10.0. The number of nitrogens with two attached hydrogens (primary N) is 1. The SMILES string of the molecule is Cc1c(-c2ccc(F)c(CN)c2)nn(Cc2ccccc2)c(=O)c1N1CCNCC1. The summed E-state index contributed by atoms with van der Waals surface area (Å²) in [6, 6.07) is 14.6. The molecule has 0 unspecified atom stereocenters. The van der Waals surface area contributed by atoms with Gasteiger partial charge in [-0.1, -0.05) is 30.3 Å². The van der Waals surface area contributed by atoms with Crippen LogP contribution in [0.1, 0.15) is 16.7 Å². The molecule has 1 aromatic heterocycles. The van der Waals surface area contributed by atoms with Crippen LogP contribution in [0, 0.1) is 12.7 Å². The average molecular weight is 407 g/mol. The van der Waals surface area contributed by atoms with E-state index >= 15 is 0 Å². The van der Waals surface area contributed by atoms with Crippen LogP contribution in [0.2, 0.25) is 0 Å². The van der Waals surface area contributed by atoms with Crippen molar-refractivity contribution in [3.05, 3.63) is 81.4 Å². The summed E-state index contributed by atoms with van der Waals surface area (Å²) < 4.78 is 15.5. The summed E-state index contributed by atoms with van der Waals surface area (Å²) in [7, 11) is 0. The second-order valence-electron chi connectivity index (χ2n) is 7.52. The minimum absolute atomic E-state index is 0.104. The van der Waals surface area contributed by atoms with E-state index in [1.165, 1.54) is 10.7 Å². The maximum Gasteiger partial charge on any atom is 0.290 e. The van der Waals surface area contributed by atoms with E-state index in [0.717, 1.165) is 42.9 Å². The Morgan fingerprint density at radius 1 is 1.13 bits per heavy atom. The van der Waals surface area contributed by atoms with Crippen molar-refractivity contribution in [1.29, 1.82) is 0 Å². The first kappa shape index (κ1) is 20.3. The van der Waals surface area contributed by atoms with Crippen LogP contribution in [0.5, 0.6) is 0 Å². The lowest BCUT2D eigenvalue weighted by molar-refractivity contribution is 0.575. The van der Waals surface area contributed by atoms with Crippen LogP contribution in [0.15, 0.2) is 53.3 Å². The maximum absolute atomic E-state index is 14.0. The van der Waals surface area contributed by atoms with Crippen molar-refractivity contribution in [3.8, 4) is 11.3 Å². The first-order valence-electron chi connectivity index (χ1n) is 10.2. The number of aromatic nitrogens is 2. The summed E-state index contributed by atoms with van der Waals surface area (Å²) in [5.41, 5.74) is 9.92. The van der Waals surface area contributed by atoms with Gasteiger partial charge in [0.15, 0.2) is 0 Å². The van der Waals surface area contributed by atoms with Gasteiger partial charge >= 0.3 is 0 Å². The van der Waals surface area contributed by atoms with Gasteiger partial charge in [0, 0.05) is 49.4 Å². The van der Waals surface area contributed by atoms with E-state index in [1.54, 1.807) is 12.1 Å². The minimum Gasteiger partial charge on any atom is -0.364 e. The summed E-state index contributed by atoms with van der Waals surface area (Å²) in [6.07, 6.45) is 0. The van der Waals surface area contributed by atoms with E-state index in [-0.39, 0.29) is 17.9 Å². The molecule has 7 heteroatoms. The van der Waals surface area contributed by atoms with Gasteiger partial charge in [-0.15, -0.1) is 0 Å². The minimum atomic E-state index is -0.334. The molecule has 0 amide bonds. The number of nitrogens with one attached hydrogen (secondary N) is 1. The predicted molar refractivity (Wildman–Crippen MR) is 117 cm³/mol. The molecule has 1 aliphatic heterocycles. The Morgan fingerprint density at radius 2 is 1.87 bits per heavy atom. The molecule has 2 heterocycles. The van der Waals surface area contributed by atoms with Crippen molar-refractivity contribution < 1.29 is 4.39 Å². The molecule has 3 aromatic rings. The molecule has 30 heavy (non-hydrogen) atoms. The van der Waals surface area contributed by atoms with Gasteiger partial charge in [-0.3, -0.25) is 4.79 Å². The van der Waals surface area contributed by atoms with Gasteiger partial charge < -0.3 is 16.0 Å². The monoisotopic (exact) mass is 407 g/mol. The quantitative estimate of drug-likeness (QED) is 0.679. The standard InChI is InChI=1S/C23H26FN5O/c1-16-21(18-7-8-20(24)19(13-18)14-25)27-29(15-17-5-3-2-4-6-17)23(30)22(16)28-11-9-26-10-12-28/h2-8,13,26H,9-12,14-15,25H2,1H3. The molecule has 0 atom stereocenters. The fourth-order valence-electron chi connectivity index (χ4n) is 3.91. The zero-order valence-electron chi connectivity index (χ0n) is 17.1. The van der Waals surface area contributed by atoms with Crippen LogP contribution in [-0.2, 0) is 13.1 Å². The number of hydrogen-bond donors (Lipinski definition) is 2. The molecule has 0 saturated carbocycles. The van der Waals surface area contributed by atoms with E-state index in [9.17, 15) is 9.18 Å².